The van der Waals surface area contributed by atoms with E-state index in [1.54, 1.807) is 53.7 Å². The number of anilines is 3. The number of phenolic OH excluding ortho intramolecular Hbond substituents is 1. The number of para-hydroxylation sites is 1. The number of carbonyl (C=O) groups is 3. The summed E-state index contributed by atoms with van der Waals surface area (Å²) in [5.74, 6) is -0.620. The fourth-order valence-electron chi connectivity index (χ4n) is 9.65. The summed E-state index contributed by atoms with van der Waals surface area (Å²) in [6, 6.07) is 25.6. The van der Waals surface area contributed by atoms with Crippen molar-refractivity contribution in [1.29, 1.82) is 0 Å². The SMILES string of the molecule is CC(=O)Nc1ccc2[nH]c(C(=O)N3CC(CCl)c4c3cc(O)c3ccc(C(=O)NCCCN5CCN(CCCNc6ccc7ncn8c9ccccc9c(=O)c6c78)CC5)cc43)cc2c1. The molecule has 0 bridgehead atoms. The average molecular weight is 878 g/mol. The molecule has 2 aliphatic rings. The Kier molecular flexibility index (Phi) is 11.0. The topological polar surface area (TPSA) is 167 Å². The molecule has 10 rings (SSSR count). The van der Waals surface area contributed by atoms with Gasteiger partial charge in [-0.2, -0.15) is 0 Å². The lowest BCUT2D eigenvalue weighted by Gasteiger charge is -2.34. The molecule has 1 fully saturated rings. The molecular weight excluding hydrogens is 830 g/mol. The maximum atomic E-state index is 14.0. The van der Waals surface area contributed by atoms with Crippen molar-refractivity contribution in [3.05, 3.63) is 118 Å². The van der Waals surface area contributed by atoms with Crippen LogP contribution >= 0.6 is 11.6 Å². The molecule has 2 aliphatic heterocycles. The summed E-state index contributed by atoms with van der Waals surface area (Å²) < 4.78 is 2.02. The molecule has 3 amide bonds. The fraction of sp³-hybridized carbons (Fsp3) is 0.286. The van der Waals surface area contributed by atoms with Crippen LogP contribution in [0.4, 0.5) is 17.1 Å². The fourth-order valence-corrected chi connectivity index (χ4v) is 9.91. The highest BCUT2D eigenvalue weighted by Crippen LogP contribution is 2.46. The minimum absolute atomic E-state index is 0.0122. The number of aromatic hydroxyl groups is 1. The smallest absolute Gasteiger partial charge is 0.274 e. The lowest BCUT2D eigenvalue weighted by molar-refractivity contribution is -0.114. The van der Waals surface area contributed by atoms with Gasteiger partial charge < -0.3 is 40.7 Å². The summed E-state index contributed by atoms with van der Waals surface area (Å²) in [5.41, 5.74) is 7.01. The molecule has 3 aromatic heterocycles. The number of H-pyrrole nitrogens is 1. The molecule has 0 saturated carbocycles. The second kappa shape index (κ2) is 17.1. The maximum absolute atomic E-state index is 14.0. The third-order valence-corrected chi connectivity index (χ3v) is 13.2. The van der Waals surface area contributed by atoms with Crippen LogP contribution in [0.1, 0.15) is 52.1 Å². The van der Waals surface area contributed by atoms with E-state index in [-0.39, 0.29) is 40.7 Å². The Morgan fingerprint density at radius 3 is 2.44 bits per heavy atom. The van der Waals surface area contributed by atoms with Crippen LogP contribution < -0.4 is 26.3 Å². The van der Waals surface area contributed by atoms with Crippen LogP contribution in [0, 0.1) is 0 Å². The first-order valence-electron chi connectivity index (χ1n) is 21.8. The molecule has 1 atom stereocenters. The number of alkyl halides is 1. The Morgan fingerprint density at radius 2 is 1.66 bits per heavy atom. The number of phenols is 1. The predicted octanol–water partition coefficient (Wildman–Crippen LogP) is 6.96. The molecule has 5 heterocycles. The van der Waals surface area contributed by atoms with Crippen molar-refractivity contribution in [1.82, 2.24) is 29.5 Å². The minimum atomic E-state index is -0.275. The zero-order valence-electron chi connectivity index (χ0n) is 35.4. The predicted molar refractivity (Wildman–Crippen MR) is 254 cm³/mol. The van der Waals surface area contributed by atoms with E-state index < -0.39 is 0 Å². The first-order chi connectivity index (χ1) is 31.1. The van der Waals surface area contributed by atoms with E-state index >= 15 is 0 Å². The zero-order valence-corrected chi connectivity index (χ0v) is 36.2. The van der Waals surface area contributed by atoms with Crippen LogP contribution in [0.3, 0.4) is 0 Å². The zero-order chi connectivity index (χ0) is 44.1. The summed E-state index contributed by atoms with van der Waals surface area (Å²) in [5, 5.41) is 24.0. The number of aromatic nitrogens is 3. The quantitative estimate of drug-likeness (QED) is 0.0468. The number of hydrogen-bond donors (Lipinski definition) is 5. The average Bonchev–Trinajstić information content (AvgIpc) is 4.04. The number of hydrogen-bond acceptors (Lipinski definition) is 9. The Bertz CT molecular complexity index is 3180. The van der Waals surface area contributed by atoms with Gasteiger partial charge in [0.1, 0.15) is 17.8 Å². The molecule has 1 saturated heterocycles. The van der Waals surface area contributed by atoms with Crippen molar-refractivity contribution in [3.8, 4) is 5.75 Å². The molecule has 5 N–H and O–H groups in total. The molecule has 5 aromatic carbocycles. The first kappa shape index (κ1) is 41.3. The molecule has 8 aromatic rings. The number of halogens is 1. The van der Waals surface area contributed by atoms with E-state index in [9.17, 15) is 24.3 Å². The van der Waals surface area contributed by atoms with Crippen molar-refractivity contribution < 1.29 is 19.5 Å². The van der Waals surface area contributed by atoms with Gasteiger partial charge in [0, 0.05) is 109 Å². The lowest BCUT2D eigenvalue weighted by atomic mass is 9.94. The van der Waals surface area contributed by atoms with Crippen LogP contribution in [0.25, 0.3) is 49.0 Å². The number of pyridine rings is 1. The molecule has 14 nitrogen and oxygen atoms in total. The monoisotopic (exact) mass is 877 g/mol. The summed E-state index contributed by atoms with van der Waals surface area (Å²) in [4.78, 5) is 66.9. The van der Waals surface area contributed by atoms with Crippen LogP contribution in [0.15, 0.2) is 96.1 Å². The third-order valence-electron chi connectivity index (χ3n) is 12.8. The number of nitrogens with zero attached hydrogens (tertiary/aromatic N) is 5. The third kappa shape index (κ3) is 7.61. The van der Waals surface area contributed by atoms with E-state index in [1.165, 1.54) is 6.92 Å². The molecule has 0 radical (unpaired) electrons. The van der Waals surface area contributed by atoms with Gasteiger partial charge in [-0.15, -0.1) is 11.6 Å². The number of rotatable bonds is 13. The van der Waals surface area contributed by atoms with Crippen molar-refractivity contribution in [3.63, 3.8) is 0 Å². The van der Waals surface area contributed by atoms with E-state index in [0.29, 0.717) is 57.3 Å². The van der Waals surface area contributed by atoms with E-state index in [4.69, 9.17) is 11.6 Å². The van der Waals surface area contributed by atoms with Crippen LogP contribution in [0.2, 0.25) is 0 Å². The number of fused-ring (bicyclic) bond motifs is 6. The number of imidazole rings is 1. The molecule has 1 unspecified atom stereocenters. The van der Waals surface area contributed by atoms with Gasteiger partial charge in [0.25, 0.3) is 11.8 Å². The Balaban J connectivity index is 0.716. The van der Waals surface area contributed by atoms with Crippen molar-refractivity contribution in [2.24, 2.45) is 0 Å². The highest BCUT2D eigenvalue weighted by Gasteiger charge is 2.36. The van der Waals surface area contributed by atoms with Gasteiger partial charge in [0.15, 0.2) is 5.43 Å². The summed E-state index contributed by atoms with van der Waals surface area (Å²) in [7, 11) is 0. The van der Waals surface area contributed by atoms with Crippen molar-refractivity contribution >= 4 is 95.4 Å². The second-order valence-electron chi connectivity index (χ2n) is 16.9. The lowest BCUT2D eigenvalue weighted by Crippen LogP contribution is -2.47. The van der Waals surface area contributed by atoms with Gasteiger partial charge in [-0.1, -0.05) is 12.1 Å². The van der Waals surface area contributed by atoms with Crippen LogP contribution in [-0.4, -0.2) is 112 Å². The second-order valence-corrected chi connectivity index (χ2v) is 17.2. The van der Waals surface area contributed by atoms with Gasteiger partial charge in [0.2, 0.25) is 5.91 Å². The summed E-state index contributed by atoms with van der Waals surface area (Å²) in [6.45, 7) is 8.73. The van der Waals surface area contributed by atoms with E-state index in [1.807, 2.05) is 46.9 Å². The summed E-state index contributed by atoms with van der Waals surface area (Å²) >= 11 is 6.52. The van der Waals surface area contributed by atoms with Gasteiger partial charge >= 0.3 is 0 Å². The number of nitrogens with one attached hydrogen (secondary N) is 4. The number of amides is 3. The van der Waals surface area contributed by atoms with Crippen molar-refractivity contribution in [2.45, 2.75) is 25.7 Å². The van der Waals surface area contributed by atoms with Gasteiger partial charge in [-0.05, 0) is 104 Å². The summed E-state index contributed by atoms with van der Waals surface area (Å²) in [6.07, 6.45) is 3.55. The normalized spacial score (nSPS) is 15.8. The number of piperazine rings is 1. The highest BCUT2D eigenvalue weighted by molar-refractivity contribution is 6.19. The molecule has 15 heteroatoms. The Morgan fingerprint density at radius 1 is 0.875 bits per heavy atom. The first-order valence-corrected chi connectivity index (χ1v) is 22.4. The standard InChI is InChI=1S/C49H48ClN9O5/c1-29(60)54-33-9-11-37-31(22-33)24-40(55-37)49(64)58-27-32(26-50)44-36-23-30(8-10-34(36)43(61)25-42(44)58)48(63)52-15-5-17-57-20-18-56(19-21-57)16-4-14-51-38-12-13-39-46-45(38)47(62)35-6-2-3-7-41(35)59(46)28-53-39/h2-3,6-13,22-25,28,32,51,55,61H,4-5,14-21,26-27H2,1H3,(H,52,63)(H,54,60). The number of aromatic amines is 1. The van der Waals surface area contributed by atoms with Crippen LogP contribution in [-0.2, 0) is 4.79 Å². The Hall–Kier alpha value is -6.74. The largest absolute Gasteiger partial charge is 0.507 e. The molecular formula is C49H48ClN9O5. The van der Waals surface area contributed by atoms with Gasteiger partial charge in [-0.25, -0.2) is 4.98 Å². The van der Waals surface area contributed by atoms with Gasteiger partial charge in [0.05, 0.1) is 27.6 Å². The molecule has 0 spiro atoms. The Labute approximate surface area is 373 Å². The number of carbonyl (C=O) groups excluding carboxylic acids is 3. The van der Waals surface area contributed by atoms with Crippen molar-refractivity contribution in [2.75, 3.05) is 80.3 Å². The molecule has 0 aliphatic carbocycles. The maximum Gasteiger partial charge on any atom is 0.274 e. The molecule has 64 heavy (non-hydrogen) atoms. The minimum Gasteiger partial charge on any atom is -0.507 e. The van der Waals surface area contributed by atoms with Crippen LogP contribution in [0.5, 0.6) is 5.75 Å². The van der Waals surface area contributed by atoms with E-state index in [2.05, 4.69) is 35.7 Å². The number of benzene rings is 5. The highest BCUT2D eigenvalue weighted by atomic mass is 35.5. The van der Waals surface area contributed by atoms with E-state index in [0.717, 1.165) is 97.4 Å². The van der Waals surface area contributed by atoms with Gasteiger partial charge in [-0.3, -0.25) is 23.6 Å². The molecule has 326 valence electrons.